The first-order valence-corrected chi connectivity index (χ1v) is 10.5. The first kappa shape index (κ1) is 23.7. The van der Waals surface area contributed by atoms with Gasteiger partial charge in [-0.05, 0) is 61.2 Å². The van der Waals surface area contributed by atoms with E-state index in [1.807, 2.05) is 5.32 Å². The fraction of sp³-hybridized carbons (Fsp3) is 0.222. The molecule has 6 nitrogen and oxygen atoms in total. The van der Waals surface area contributed by atoms with Crippen LogP contribution in [-0.2, 0) is 20.8 Å². The Bertz CT molecular complexity index is 1090. The zero-order valence-corrected chi connectivity index (χ0v) is 16.8. The number of hydrogen-bond acceptors (Lipinski definition) is 6. The second-order valence-corrected chi connectivity index (χ2v) is 9.16. The van der Waals surface area contributed by atoms with Gasteiger partial charge in [-0.3, -0.25) is 4.79 Å². The number of sulfone groups is 1. The van der Waals surface area contributed by atoms with Gasteiger partial charge in [0.2, 0.25) is 0 Å². The molecule has 12 heteroatoms. The fourth-order valence-electron chi connectivity index (χ4n) is 2.39. The van der Waals surface area contributed by atoms with Crippen LogP contribution in [0.5, 0.6) is 0 Å². The van der Waals surface area contributed by atoms with Crippen LogP contribution in [0.2, 0.25) is 0 Å². The van der Waals surface area contributed by atoms with Gasteiger partial charge in [0.15, 0.2) is 15.4 Å². The maximum absolute atomic E-state index is 13.2. The zero-order chi connectivity index (χ0) is 22.7. The predicted molar refractivity (Wildman–Crippen MR) is 101 cm³/mol. The van der Waals surface area contributed by atoms with E-state index in [4.69, 9.17) is 5.26 Å². The van der Waals surface area contributed by atoms with E-state index in [-0.39, 0.29) is 27.2 Å². The first-order valence-electron chi connectivity index (χ1n) is 8.05. The van der Waals surface area contributed by atoms with Crippen LogP contribution in [-0.4, -0.2) is 30.8 Å². The monoisotopic (exact) mass is 462 g/mol. The number of halogens is 4. The van der Waals surface area contributed by atoms with Crippen LogP contribution in [0.4, 0.5) is 23.2 Å². The van der Waals surface area contributed by atoms with E-state index >= 15 is 0 Å². The number of nitriles is 1. The summed E-state index contributed by atoms with van der Waals surface area (Å²) < 4.78 is 77.2. The van der Waals surface area contributed by atoms with E-state index in [0.29, 0.717) is 6.07 Å². The maximum atomic E-state index is 13.2. The number of thiocyanates is 1. The van der Waals surface area contributed by atoms with Gasteiger partial charge in [-0.15, -0.1) is 0 Å². The molecule has 0 radical (unpaired) electrons. The molecule has 2 aromatic carbocycles. The molecule has 0 fully saturated rings. The van der Waals surface area contributed by atoms with Crippen LogP contribution in [0.25, 0.3) is 0 Å². The molecule has 1 unspecified atom stereocenters. The van der Waals surface area contributed by atoms with Crippen molar-refractivity contribution in [2.75, 3.05) is 11.1 Å². The lowest BCUT2D eigenvalue weighted by molar-refractivity contribution is -0.139. The Kier molecular flexibility index (Phi) is 6.80. The first-order chi connectivity index (χ1) is 13.8. The molecule has 30 heavy (non-hydrogen) atoms. The molecule has 1 amide bonds. The third-order valence-corrected chi connectivity index (χ3v) is 6.43. The SMILES string of the molecule is CC(O)(CS(=O)(=O)c1ccc(F)cc1)C(=O)Nc1ccc(SC#N)c(C(F)(F)F)c1. The van der Waals surface area contributed by atoms with Crippen LogP contribution in [0.15, 0.2) is 52.3 Å². The van der Waals surface area contributed by atoms with Crippen LogP contribution < -0.4 is 5.32 Å². The topological polar surface area (TPSA) is 107 Å². The number of carbonyl (C=O) groups excluding carboxylic acids is 1. The molecule has 0 aliphatic heterocycles. The Morgan fingerprint density at radius 1 is 1.20 bits per heavy atom. The van der Waals surface area contributed by atoms with Crippen LogP contribution >= 0.6 is 11.8 Å². The van der Waals surface area contributed by atoms with Gasteiger partial charge < -0.3 is 10.4 Å². The van der Waals surface area contributed by atoms with Crippen molar-refractivity contribution < 1.29 is 35.9 Å². The van der Waals surface area contributed by atoms with Crippen molar-refractivity contribution >= 4 is 33.2 Å². The summed E-state index contributed by atoms with van der Waals surface area (Å²) >= 11 is 0.286. The number of aliphatic hydroxyl groups is 1. The molecule has 2 rings (SSSR count). The van der Waals surface area contributed by atoms with Gasteiger partial charge in [0.25, 0.3) is 5.91 Å². The molecule has 0 bridgehead atoms. The van der Waals surface area contributed by atoms with Gasteiger partial charge in [0, 0.05) is 10.6 Å². The molecule has 1 atom stereocenters. The Morgan fingerprint density at radius 3 is 2.33 bits per heavy atom. The van der Waals surface area contributed by atoms with Gasteiger partial charge >= 0.3 is 6.18 Å². The van der Waals surface area contributed by atoms with Crippen molar-refractivity contribution in [2.45, 2.75) is 28.5 Å². The number of nitrogens with one attached hydrogen (secondary N) is 1. The number of anilines is 1. The average molecular weight is 462 g/mol. The summed E-state index contributed by atoms with van der Waals surface area (Å²) in [5.41, 5.74) is -4.04. The Labute approximate surface area is 173 Å². The average Bonchev–Trinajstić information content (AvgIpc) is 2.61. The number of rotatable bonds is 6. The highest BCUT2D eigenvalue weighted by Gasteiger charge is 2.38. The van der Waals surface area contributed by atoms with Crippen molar-refractivity contribution in [1.29, 1.82) is 5.26 Å². The van der Waals surface area contributed by atoms with E-state index in [1.165, 1.54) is 5.40 Å². The van der Waals surface area contributed by atoms with E-state index in [1.54, 1.807) is 0 Å². The van der Waals surface area contributed by atoms with E-state index < -0.39 is 44.7 Å². The lowest BCUT2D eigenvalue weighted by Gasteiger charge is -2.22. The summed E-state index contributed by atoms with van der Waals surface area (Å²) in [7, 11) is -4.21. The largest absolute Gasteiger partial charge is 0.417 e. The standard InChI is InChI=1S/C18H14F4N2O4S2/c1-17(26,9-30(27,28)13-5-2-11(19)3-6-13)16(25)24-12-4-7-15(29-10-23)14(8-12)18(20,21)22/h2-8,26H,9H2,1H3,(H,24,25). The van der Waals surface area contributed by atoms with Gasteiger partial charge in [-0.1, -0.05) is 0 Å². The molecule has 0 saturated heterocycles. The minimum atomic E-state index is -4.81. The summed E-state index contributed by atoms with van der Waals surface area (Å²) in [4.78, 5) is 11.6. The summed E-state index contributed by atoms with van der Waals surface area (Å²) in [6, 6.07) is 6.32. The van der Waals surface area contributed by atoms with Gasteiger partial charge in [-0.25, -0.2) is 12.8 Å². The molecular formula is C18H14F4N2O4S2. The fourth-order valence-corrected chi connectivity index (χ4v) is 4.50. The summed E-state index contributed by atoms with van der Waals surface area (Å²) in [6.07, 6.45) is -4.81. The quantitative estimate of drug-likeness (QED) is 0.294. The molecule has 160 valence electrons. The molecule has 0 aliphatic rings. The molecule has 2 N–H and O–H groups in total. The maximum Gasteiger partial charge on any atom is 0.417 e. The minimum absolute atomic E-state index is 0.286. The van der Waals surface area contributed by atoms with Crippen molar-refractivity contribution in [3.63, 3.8) is 0 Å². The Balaban J connectivity index is 2.26. The number of amides is 1. The van der Waals surface area contributed by atoms with Crippen molar-refractivity contribution in [3.05, 3.63) is 53.8 Å². The molecule has 2 aromatic rings. The summed E-state index contributed by atoms with van der Waals surface area (Å²) in [5, 5.41) is 22.5. The van der Waals surface area contributed by atoms with Gasteiger partial charge in [-0.2, -0.15) is 18.4 Å². The smallest absolute Gasteiger partial charge is 0.379 e. The molecular weight excluding hydrogens is 448 g/mol. The molecule has 0 heterocycles. The Morgan fingerprint density at radius 2 is 1.80 bits per heavy atom. The number of hydrogen-bond donors (Lipinski definition) is 2. The van der Waals surface area contributed by atoms with Gasteiger partial charge in [0.1, 0.15) is 11.2 Å². The van der Waals surface area contributed by atoms with E-state index in [0.717, 1.165) is 43.3 Å². The molecule has 0 spiro atoms. The highest BCUT2D eigenvalue weighted by molar-refractivity contribution is 8.03. The predicted octanol–water partition coefficient (Wildman–Crippen LogP) is 3.58. The van der Waals surface area contributed by atoms with E-state index in [2.05, 4.69) is 0 Å². The van der Waals surface area contributed by atoms with Crippen LogP contribution in [0.3, 0.4) is 0 Å². The van der Waals surface area contributed by atoms with Crippen LogP contribution in [0, 0.1) is 16.5 Å². The summed E-state index contributed by atoms with van der Waals surface area (Å²) in [6.45, 7) is 0.883. The normalized spacial score (nSPS) is 13.9. The number of thioether (sulfide) groups is 1. The molecule has 0 saturated carbocycles. The minimum Gasteiger partial charge on any atom is -0.379 e. The number of alkyl halides is 3. The molecule has 0 aromatic heterocycles. The second kappa shape index (κ2) is 8.63. The number of nitrogens with zero attached hydrogens (tertiary/aromatic N) is 1. The second-order valence-electron chi connectivity index (χ2n) is 6.34. The number of benzene rings is 2. The molecule has 0 aliphatic carbocycles. The third-order valence-electron chi connectivity index (χ3n) is 3.83. The number of carbonyl (C=O) groups is 1. The zero-order valence-electron chi connectivity index (χ0n) is 15.2. The van der Waals surface area contributed by atoms with Gasteiger partial charge in [0.05, 0.1) is 16.2 Å². The van der Waals surface area contributed by atoms with Crippen molar-refractivity contribution in [3.8, 4) is 5.40 Å². The lowest BCUT2D eigenvalue weighted by Crippen LogP contribution is -2.45. The Hall–Kier alpha value is -2.62. The highest BCUT2D eigenvalue weighted by atomic mass is 32.2. The third kappa shape index (κ3) is 5.71. The van der Waals surface area contributed by atoms with Crippen molar-refractivity contribution in [1.82, 2.24) is 0 Å². The van der Waals surface area contributed by atoms with E-state index in [9.17, 15) is 35.9 Å². The van der Waals surface area contributed by atoms with Crippen LogP contribution in [0.1, 0.15) is 12.5 Å². The van der Waals surface area contributed by atoms with Crippen molar-refractivity contribution in [2.24, 2.45) is 0 Å². The highest BCUT2D eigenvalue weighted by Crippen LogP contribution is 2.38. The lowest BCUT2D eigenvalue weighted by atomic mass is 10.1. The summed E-state index contributed by atoms with van der Waals surface area (Å²) in [5.74, 6) is -3.04.